The van der Waals surface area contributed by atoms with Gasteiger partial charge >= 0.3 is 5.97 Å². The molecule has 1 aromatic heterocycles. The second kappa shape index (κ2) is 10.6. The zero-order valence-electron chi connectivity index (χ0n) is 16.9. The van der Waals surface area contributed by atoms with Gasteiger partial charge in [-0.25, -0.2) is 9.78 Å². The topological polar surface area (TPSA) is 87.5 Å². The van der Waals surface area contributed by atoms with E-state index in [0.29, 0.717) is 24.5 Å². The molecule has 28 heavy (non-hydrogen) atoms. The van der Waals surface area contributed by atoms with Crippen LogP contribution in [0.5, 0.6) is 0 Å². The number of hydrogen-bond donors (Lipinski definition) is 2. The van der Waals surface area contributed by atoms with E-state index in [1.54, 1.807) is 5.38 Å². The molecule has 2 N–H and O–H groups in total. The predicted molar refractivity (Wildman–Crippen MR) is 114 cm³/mol. The highest BCUT2D eigenvalue weighted by molar-refractivity contribution is 8.01. The van der Waals surface area contributed by atoms with Crippen molar-refractivity contribution in [3.05, 3.63) is 23.2 Å². The number of ketones is 1. The number of thioether (sulfide) groups is 1. The van der Waals surface area contributed by atoms with Crippen LogP contribution in [-0.2, 0) is 4.79 Å². The summed E-state index contributed by atoms with van der Waals surface area (Å²) in [5.41, 5.74) is -0.615. The molecular weight excluding hydrogens is 394 g/mol. The molecule has 0 bridgehead atoms. The minimum atomic E-state index is -1.01. The Morgan fingerprint density at radius 2 is 2.25 bits per heavy atom. The lowest BCUT2D eigenvalue weighted by atomic mass is 9.89. The molecule has 1 saturated carbocycles. The quantitative estimate of drug-likeness (QED) is 0.381. The molecule has 0 saturated heterocycles. The lowest BCUT2D eigenvalue weighted by Gasteiger charge is -2.23. The van der Waals surface area contributed by atoms with Gasteiger partial charge in [0, 0.05) is 23.5 Å². The molecule has 156 valence electrons. The van der Waals surface area contributed by atoms with Crippen molar-refractivity contribution in [1.29, 1.82) is 0 Å². The minimum absolute atomic E-state index is 0.0169. The largest absolute Gasteiger partial charge is 0.476 e. The third kappa shape index (κ3) is 7.33. The lowest BCUT2D eigenvalue weighted by Crippen LogP contribution is -2.23. The lowest BCUT2D eigenvalue weighted by molar-refractivity contribution is -0.121. The van der Waals surface area contributed by atoms with Crippen LogP contribution < -0.4 is 0 Å². The Bertz CT molecular complexity index is 696. The van der Waals surface area contributed by atoms with E-state index in [1.807, 2.05) is 13.0 Å². The van der Waals surface area contributed by atoms with E-state index < -0.39 is 11.6 Å². The number of carboxylic acid groups (broad SMARTS) is 1. The summed E-state index contributed by atoms with van der Waals surface area (Å²) in [5, 5.41) is 21.0. The van der Waals surface area contributed by atoms with Crippen LogP contribution in [0.25, 0.3) is 0 Å². The van der Waals surface area contributed by atoms with E-state index in [4.69, 9.17) is 5.11 Å². The van der Waals surface area contributed by atoms with Gasteiger partial charge in [-0.05, 0) is 50.9 Å². The van der Waals surface area contributed by atoms with Crippen LogP contribution in [0.3, 0.4) is 0 Å². The zero-order valence-corrected chi connectivity index (χ0v) is 18.5. The first-order chi connectivity index (χ1) is 13.2. The second-order valence-electron chi connectivity index (χ2n) is 8.28. The van der Waals surface area contributed by atoms with E-state index in [1.165, 1.54) is 23.1 Å². The average molecular weight is 426 g/mol. The fourth-order valence-corrected chi connectivity index (χ4v) is 5.33. The Morgan fingerprint density at radius 3 is 2.89 bits per heavy atom. The number of Topliss-reactive ketones (excluding diaryl/α,β-unsaturated/α-hetero) is 1. The highest BCUT2D eigenvalue weighted by atomic mass is 32.2. The molecule has 7 heteroatoms. The van der Waals surface area contributed by atoms with Crippen LogP contribution >= 0.6 is 23.1 Å². The van der Waals surface area contributed by atoms with Crippen LogP contribution in [0.2, 0.25) is 0 Å². The summed E-state index contributed by atoms with van der Waals surface area (Å²) in [7, 11) is 0. The molecule has 0 spiro atoms. The maximum atomic E-state index is 12.3. The van der Waals surface area contributed by atoms with E-state index in [-0.39, 0.29) is 17.5 Å². The van der Waals surface area contributed by atoms with Crippen molar-refractivity contribution in [3.8, 4) is 0 Å². The molecular formula is C21H31NO4S2. The maximum Gasteiger partial charge on any atom is 0.355 e. The molecule has 3 atom stereocenters. The Labute approximate surface area is 175 Å². The third-order valence-corrected chi connectivity index (χ3v) is 7.27. The van der Waals surface area contributed by atoms with Gasteiger partial charge in [-0.1, -0.05) is 37.8 Å². The highest BCUT2D eigenvalue weighted by Gasteiger charge is 2.32. The number of carbonyl (C=O) groups is 2. The normalized spacial score (nSPS) is 22.2. The summed E-state index contributed by atoms with van der Waals surface area (Å²) < 4.78 is 0.733. The molecule has 1 heterocycles. The number of nitrogens with zero attached hydrogens (tertiary/aromatic N) is 1. The van der Waals surface area contributed by atoms with E-state index in [9.17, 15) is 14.7 Å². The summed E-state index contributed by atoms with van der Waals surface area (Å²) in [6.07, 6.45) is 8.83. The van der Waals surface area contributed by atoms with E-state index >= 15 is 0 Å². The predicted octanol–water partition coefficient (Wildman–Crippen LogP) is 5.05. The molecule has 0 aromatic carbocycles. The van der Waals surface area contributed by atoms with Gasteiger partial charge in [0.25, 0.3) is 0 Å². The first-order valence-corrected chi connectivity index (χ1v) is 11.8. The number of carboxylic acids is 1. The van der Waals surface area contributed by atoms with Gasteiger partial charge in [-0.3, -0.25) is 4.79 Å². The van der Waals surface area contributed by atoms with Gasteiger partial charge < -0.3 is 10.2 Å². The number of aromatic nitrogens is 1. The average Bonchev–Trinajstić information content (AvgIpc) is 3.22. The minimum Gasteiger partial charge on any atom is -0.476 e. The van der Waals surface area contributed by atoms with E-state index in [2.05, 4.69) is 24.9 Å². The monoisotopic (exact) mass is 425 g/mol. The van der Waals surface area contributed by atoms with Gasteiger partial charge in [-0.15, -0.1) is 11.3 Å². The van der Waals surface area contributed by atoms with E-state index in [0.717, 1.165) is 35.8 Å². The number of hydrogen-bond acceptors (Lipinski definition) is 6. The number of thiazole rings is 1. The van der Waals surface area contributed by atoms with Gasteiger partial charge in [0.15, 0.2) is 10.0 Å². The molecule has 2 rings (SSSR count). The van der Waals surface area contributed by atoms with Crippen molar-refractivity contribution in [2.75, 3.05) is 5.75 Å². The Kier molecular flexibility index (Phi) is 8.71. The zero-order chi connectivity index (χ0) is 20.7. The van der Waals surface area contributed by atoms with Gasteiger partial charge in [0.1, 0.15) is 5.78 Å². The van der Waals surface area contributed by atoms with Gasteiger partial charge in [0.2, 0.25) is 0 Å². The molecule has 1 aromatic rings. The molecule has 0 aliphatic heterocycles. The molecule has 1 aliphatic rings. The standard InChI is InChI=1S/C21H31NO4S2/c1-14(2)8-11-21(3,26)10-4-5-15-6-7-18(23)16(15)9-12-27-20-22-17(13-28-20)19(24)25/h4-5,13-16,26H,6-12H2,1-3H3,(H,24,25)/b5-4+/t15-,16-,21-/m1/s1. The summed E-state index contributed by atoms with van der Waals surface area (Å²) in [4.78, 5) is 27.2. The van der Waals surface area contributed by atoms with Gasteiger partial charge in [-0.2, -0.15) is 0 Å². The van der Waals surface area contributed by atoms with Crippen LogP contribution in [0, 0.1) is 17.8 Å². The fraction of sp³-hybridized carbons (Fsp3) is 0.667. The van der Waals surface area contributed by atoms with Crippen LogP contribution in [0.15, 0.2) is 21.9 Å². The molecule has 1 fully saturated rings. The van der Waals surface area contributed by atoms with Crippen LogP contribution in [0.4, 0.5) is 0 Å². The Hall–Kier alpha value is -1.18. The second-order valence-corrected chi connectivity index (χ2v) is 10.5. The smallest absolute Gasteiger partial charge is 0.355 e. The molecule has 5 nitrogen and oxygen atoms in total. The molecule has 0 amide bonds. The van der Waals surface area contributed by atoms with Crippen molar-refractivity contribution in [2.45, 2.75) is 69.2 Å². The third-order valence-electron chi connectivity index (χ3n) is 5.21. The van der Waals surface area contributed by atoms with Crippen molar-refractivity contribution in [3.63, 3.8) is 0 Å². The number of allylic oxidation sites excluding steroid dienone is 1. The fourth-order valence-electron chi connectivity index (χ4n) is 3.43. The summed E-state index contributed by atoms with van der Waals surface area (Å²) in [5.74, 6) is 0.882. The number of carbonyl (C=O) groups excluding carboxylic acids is 1. The number of rotatable bonds is 11. The maximum absolute atomic E-state index is 12.3. The number of aromatic carboxylic acids is 1. The Morgan fingerprint density at radius 1 is 1.50 bits per heavy atom. The molecule has 0 unspecified atom stereocenters. The SMILES string of the molecule is CC(C)CC[C@](C)(O)C/C=C/[C@@H]1CCC(=O)[C@@H]1CCSc1nc(C(=O)O)cs1. The molecule has 0 radical (unpaired) electrons. The van der Waals surface area contributed by atoms with Crippen molar-refractivity contribution >= 4 is 34.9 Å². The first-order valence-electron chi connectivity index (χ1n) is 9.91. The Balaban J connectivity index is 1.82. The first kappa shape index (κ1) is 23.1. The van der Waals surface area contributed by atoms with Crippen LogP contribution in [0.1, 0.15) is 69.8 Å². The summed E-state index contributed by atoms with van der Waals surface area (Å²) in [6, 6.07) is 0. The van der Waals surface area contributed by atoms with Crippen LogP contribution in [-0.4, -0.2) is 38.3 Å². The summed E-state index contributed by atoms with van der Waals surface area (Å²) in [6.45, 7) is 6.20. The van der Waals surface area contributed by atoms with Crippen molar-refractivity contribution < 1.29 is 19.8 Å². The van der Waals surface area contributed by atoms with Gasteiger partial charge in [0.05, 0.1) is 5.60 Å². The molecule has 1 aliphatic carbocycles. The number of aliphatic hydroxyl groups is 1. The van der Waals surface area contributed by atoms with Crippen molar-refractivity contribution in [1.82, 2.24) is 4.98 Å². The summed E-state index contributed by atoms with van der Waals surface area (Å²) >= 11 is 2.84. The highest BCUT2D eigenvalue weighted by Crippen LogP contribution is 2.35. The van der Waals surface area contributed by atoms with Crippen molar-refractivity contribution in [2.24, 2.45) is 17.8 Å².